The summed E-state index contributed by atoms with van der Waals surface area (Å²) in [4.78, 5) is 1.44. The van der Waals surface area contributed by atoms with Crippen LogP contribution in [-0.4, -0.2) is 11.2 Å². The fourth-order valence-corrected chi connectivity index (χ4v) is 4.03. The van der Waals surface area contributed by atoms with Crippen molar-refractivity contribution in [3.63, 3.8) is 0 Å². The summed E-state index contributed by atoms with van der Waals surface area (Å²) in [5, 5.41) is 12.1. The standard InChI is InChI=1S/C12H18OS/c1-4-12(3)10(8(2)11(12)13)9-6-5-7-14-9/h5-8,10-11,13H,4H2,1-3H3. The number of aliphatic hydroxyl groups is 1. The van der Waals surface area contributed by atoms with E-state index in [-0.39, 0.29) is 11.5 Å². The number of rotatable bonds is 2. The summed E-state index contributed by atoms with van der Waals surface area (Å²) in [6, 6.07) is 4.30. The molecule has 14 heavy (non-hydrogen) atoms. The van der Waals surface area contributed by atoms with Gasteiger partial charge in [-0.3, -0.25) is 0 Å². The third-order valence-corrected chi connectivity index (χ3v) is 4.98. The van der Waals surface area contributed by atoms with Crippen molar-refractivity contribution in [2.24, 2.45) is 11.3 Å². The molecule has 1 heterocycles. The first-order chi connectivity index (χ1) is 6.61. The van der Waals surface area contributed by atoms with Crippen LogP contribution < -0.4 is 0 Å². The molecule has 2 heteroatoms. The van der Waals surface area contributed by atoms with Crippen molar-refractivity contribution in [2.45, 2.75) is 39.2 Å². The van der Waals surface area contributed by atoms with Gasteiger partial charge in [0.05, 0.1) is 6.10 Å². The maximum Gasteiger partial charge on any atom is 0.0631 e. The Balaban J connectivity index is 2.28. The van der Waals surface area contributed by atoms with Crippen molar-refractivity contribution in [1.82, 2.24) is 0 Å². The molecule has 0 bridgehead atoms. The second-order valence-electron chi connectivity index (χ2n) is 4.66. The van der Waals surface area contributed by atoms with E-state index in [0.717, 1.165) is 6.42 Å². The van der Waals surface area contributed by atoms with E-state index >= 15 is 0 Å². The monoisotopic (exact) mass is 210 g/mol. The van der Waals surface area contributed by atoms with Crippen molar-refractivity contribution in [3.8, 4) is 0 Å². The molecule has 0 amide bonds. The number of hydrogen-bond donors (Lipinski definition) is 1. The summed E-state index contributed by atoms with van der Waals surface area (Å²) >= 11 is 1.82. The Morgan fingerprint density at radius 3 is 2.79 bits per heavy atom. The van der Waals surface area contributed by atoms with E-state index in [9.17, 15) is 5.11 Å². The van der Waals surface area contributed by atoms with Crippen LogP contribution in [-0.2, 0) is 0 Å². The molecule has 4 atom stereocenters. The zero-order valence-corrected chi connectivity index (χ0v) is 9.84. The molecule has 0 aliphatic heterocycles. The summed E-state index contributed by atoms with van der Waals surface area (Å²) in [5.74, 6) is 0.973. The minimum Gasteiger partial charge on any atom is -0.392 e. The highest BCUT2D eigenvalue weighted by molar-refractivity contribution is 7.10. The molecule has 2 rings (SSSR count). The van der Waals surface area contributed by atoms with Crippen LogP contribution in [0.3, 0.4) is 0 Å². The maximum absolute atomic E-state index is 10.0. The summed E-state index contributed by atoms with van der Waals surface area (Å²) < 4.78 is 0. The lowest BCUT2D eigenvalue weighted by Crippen LogP contribution is -2.55. The van der Waals surface area contributed by atoms with Gasteiger partial charge in [0, 0.05) is 16.2 Å². The molecule has 0 aromatic carbocycles. The van der Waals surface area contributed by atoms with Gasteiger partial charge in [-0.25, -0.2) is 0 Å². The Morgan fingerprint density at radius 2 is 2.29 bits per heavy atom. The van der Waals surface area contributed by atoms with Crippen LogP contribution in [0.25, 0.3) is 0 Å². The SMILES string of the molecule is CCC1(C)C(O)C(C)C1c1cccs1. The Kier molecular flexibility index (Phi) is 2.44. The Hall–Kier alpha value is -0.340. The van der Waals surface area contributed by atoms with Gasteiger partial charge in [-0.2, -0.15) is 0 Å². The van der Waals surface area contributed by atoms with Crippen molar-refractivity contribution < 1.29 is 5.11 Å². The third kappa shape index (κ3) is 1.17. The molecule has 1 aromatic rings. The molecular weight excluding hydrogens is 192 g/mol. The predicted octanol–water partition coefficient (Wildman–Crippen LogP) is 3.26. The van der Waals surface area contributed by atoms with Gasteiger partial charge >= 0.3 is 0 Å². The van der Waals surface area contributed by atoms with Crippen LogP contribution in [0.2, 0.25) is 0 Å². The van der Waals surface area contributed by atoms with Gasteiger partial charge in [0.2, 0.25) is 0 Å². The molecule has 0 saturated heterocycles. The quantitative estimate of drug-likeness (QED) is 0.794. The molecule has 0 radical (unpaired) electrons. The molecule has 1 nitrogen and oxygen atoms in total. The van der Waals surface area contributed by atoms with Crippen molar-refractivity contribution in [3.05, 3.63) is 22.4 Å². The summed E-state index contributed by atoms with van der Waals surface area (Å²) in [7, 11) is 0. The van der Waals surface area contributed by atoms with E-state index in [0.29, 0.717) is 11.8 Å². The van der Waals surface area contributed by atoms with Crippen molar-refractivity contribution >= 4 is 11.3 Å². The van der Waals surface area contributed by atoms with Crippen LogP contribution in [0, 0.1) is 11.3 Å². The van der Waals surface area contributed by atoms with Gasteiger partial charge in [-0.15, -0.1) is 11.3 Å². The molecule has 0 spiro atoms. The van der Waals surface area contributed by atoms with E-state index in [1.54, 1.807) is 0 Å². The fraction of sp³-hybridized carbons (Fsp3) is 0.667. The summed E-state index contributed by atoms with van der Waals surface area (Å²) in [5.41, 5.74) is 0.101. The molecule has 4 unspecified atom stereocenters. The van der Waals surface area contributed by atoms with E-state index in [4.69, 9.17) is 0 Å². The maximum atomic E-state index is 10.0. The van der Waals surface area contributed by atoms with Gasteiger partial charge in [0.1, 0.15) is 0 Å². The van der Waals surface area contributed by atoms with Crippen LogP contribution in [0.4, 0.5) is 0 Å². The molecule has 78 valence electrons. The normalized spacial score (nSPS) is 42.1. The van der Waals surface area contributed by atoms with Crippen LogP contribution in [0.1, 0.15) is 38.0 Å². The van der Waals surface area contributed by atoms with Crippen molar-refractivity contribution in [2.75, 3.05) is 0 Å². The first-order valence-electron chi connectivity index (χ1n) is 5.32. The molecule has 1 N–H and O–H groups in total. The van der Waals surface area contributed by atoms with Crippen LogP contribution >= 0.6 is 11.3 Å². The van der Waals surface area contributed by atoms with E-state index in [1.165, 1.54) is 4.88 Å². The summed E-state index contributed by atoms with van der Waals surface area (Å²) in [6.07, 6.45) is 0.931. The Morgan fingerprint density at radius 1 is 1.57 bits per heavy atom. The molecule has 1 fully saturated rings. The number of aliphatic hydroxyl groups excluding tert-OH is 1. The Bertz CT molecular complexity index is 306. The van der Waals surface area contributed by atoms with Gasteiger partial charge in [0.25, 0.3) is 0 Å². The molecule has 1 aliphatic rings. The first kappa shape index (κ1) is 10.2. The van der Waals surface area contributed by atoms with Crippen LogP contribution in [0.5, 0.6) is 0 Å². The lowest BCUT2D eigenvalue weighted by atomic mass is 9.51. The van der Waals surface area contributed by atoms with E-state index in [1.807, 2.05) is 11.3 Å². The molecule has 1 saturated carbocycles. The average Bonchev–Trinajstić information content (AvgIpc) is 2.70. The zero-order valence-electron chi connectivity index (χ0n) is 9.03. The number of hydrogen-bond acceptors (Lipinski definition) is 2. The first-order valence-corrected chi connectivity index (χ1v) is 6.20. The van der Waals surface area contributed by atoms with Crippen molar-refractivity contribution in [1.29, 1.82) is 0 Å². The van der Waals surface area contributed by atoms with Gasteiger partial charge in [0.15, 0.2) is 0 Å². The van der Waals surface area contributed by atoms with E-state index < -0.39 is 0 Å². The van der Waals surface area contributed by atoms with E-state index in [2.05, 4.69) is 38.3 Å². The zero-order chi connectivity index (χ0) is 10.3. The fourth-order valence-electron chi connectivity index (χ4n) is 2.93. The van der Waals surface area contributed by atoms with Gasteiger partial charge < -0.3 is 5.11 Å². The highest BCUT2D eigenvalue weighted by atomic mass is 32.1. The summed E-state index contributed by atoms with van der Waals surface area (Å²) in [6.45, 7) is 6.55. The largest absolute Gasteiger partial charge is 0.392 e. The second-order valence-corrected chi connectivity index (χ2v) is 5.64. The average molecular weight is 210 g/mol. The predicted molar refractivity (Wildman–Crippen MR) is 60.6 cm³/mol. The smallest absolute Gasteiger partial charge is 0.0631 e. The van der Waals surface area contributed by atoms with Crippen LogP contribution in [0.15, 0.2) is 17.5 Å². The third-order valence-electron chi connectivity index (χ3n) is 4.02. The molecule has 1 aromatic heterocycles. The Labute approximate surface area is 89.8 Å². The molecular formula is C12H18OS. The highest BCUT2D eigenvalue weighted by Gasteiger charge is 2.56. The minimum atomic E-state index is -0.125. The van der Waals surface area contributed by atoms with Gasteiger partial charge in [-0.05, 0) is 23.8 Å². The minimum absolute atomic E-state index is 0.101. The lowest BCUT2D eigenvalue weighted by Gasteiger charge is -2.56. The topological polar surface area (TPSA) is 20.2 Å². The second kappa shape index (κ2) is 3.35. The lowest BCUT2D eigenvalue weighted by molar-refractivity contribution is -0.127. The highest BCUT2D eigenvalue weighted by Crippen LogP contribution is 2.59. The molecule has 1 aliphatic carbocycles. The number of thiophene rings is 1. The van der Waals surface area contributed by atoms with Gasteiger partial charge in [-0.1, -0.05) is 26.8 Å².